The molecule has 1 saturated carbocycles. The third-order valence-corrected chi connectivity index (χ3v) is 8.81. The molecule has 0 amide bonds. The molecular formula is C25H29N9O3S. The highest BCUT2D eigenvalue weighted by Crippen LogP contribution is 2.33. The van der Waals surface area contributed by atoms with Gasteiger partial charge in [-0.05, 0) is 32.8 Å². The number of aromatic nitrogens is 7. The summed E-state index contributed by atoms with van der Waals surface area (Å²) in [5, 5.41) is 20.7. The standard InChI is InChI=1S/C25H29N9O3S/c1-16(2)33-15-21(17-10-28-32(13-17)7-8-35)20-12-27-24(9-22(20)33)30-23-5-6-26-25(31-23)18-11-29-34(14-18)38(36,37)19-3-4-19/h5-6,10-16,19,24,35H,3-4,7-9H2,1-2H3,(H,26,30,31). The molecule has 1 aliphatic carbocycles. The molecular weight excluding hydrogens is 506 g/mol. The lowest BCUT2D eigenvalue weighted by Crippen LogP contribution is -2.26. The quantitative estimate of drug-likeness (QED) is 0.332. The Balaban J connectivity index is 1.23. The normalized spacial score (nSPS) is 17.2. The van der Waals surface area contributed by atoms with Crippen molar-refractivity contribution >= 4 is 22.1 Å². The fourth-order valence-electron chi connectivity index (χ4n) is 4.67. The van der Waals surface area contributed by atoms with Gasteiger partial charge in [-0.1, -0.05) is 0 Å². The first kappa shape index (κ1) is 24.5. The Hall–Kier alpha value is -3.84. The van der Waals surface area contributed by atoms with Gasteiger partial charge in [0.2, 0.25) is 0 Å². The predicted molar refractivity (Wildman–Crippen MR) is 142 cm³/mol. The lowest BCUT2D eigenvalue weighted by atomic mass is 10.0. The van der Waals surface area contributed by atoms with Gasteiger partial charge in [0.1, 0.15) is 12.0 Å². The molecule has 1 fully saturated rings. The smallest absolute Gasteiger partial charge is 0.256 e. The van der Waals surface area contributed by atoms with E-state index in [0.717, 1.165) is 20.8 Å². The van der Waals surface area contributed by atoms with Crippen molar-refractivity contribution in [2.24, 2.45) is 4.99 Å². The highest BCUT2D eigenvalue weighted by molar-refractivity contribution is 7.90. The van der Waals surface area contributed by atoms with E-state index in [0.29, 0.717) is 43.0 Å². The Labute approximate surface area is 220 Å². The molecule has 0 bridgehead atoms. The topological polar surface area (TPSA) is 145 Å². The molecule has 6 rings (SSSR count). The average molecular weight is 536 g/mol. The minimum atomic E-state index is -3.45. The molecule has 0 spiro atoms. The minimum absolute atomic E-state index is 0.0354. The third kappa shape index (κ3) is 4.52. The second-order valence-electron chi connectivity index (χ2n) is 9.87. The fourth-order valence-corrected chi connectivity index (χ4v) is 6.15. The number of nitrogens with one attached hydrogen (secondary N) is 1. The van der Waals surface area contributed by atoms with Gasteiger partial charge in [0.15, 0.2) is 5.82 Å². The molecule has 1 atom stereocenters. The molecule has 4 aromatic rings. The third-order valence-electron chi connectivity index (χ3n) is 6.78. The van der Waals surface area contributed by atoms with Crippen LogP contribution in [-0.2, 0) is 23.0 Å². The number of aliphatic imine (C=N–C) groups is 1. The zero-order valence-corrected chi connectivity index (χ0v) is 22.0. The van der Waals surface area contributed by atoms with Gasteiger partial charge in [0.25, 0.3) is 10.0 Å². The van der Waals surface area contributed by atoms with Crippen LogP contribution in [0.1, 0.15) is 44.0 Å². The van der Waals surface area contributed by atoms with E-state index in [4.69, 9.17) is 4.99 Å². The molecule has 0 aromatic carbocycles. The van der Waals surface area contributed by atoms with Crippen LogP contribution < -0.4 is 5.32 Å². The molecule has 1 unspecified atom stereocenters. The van der Waals surface area contributed by atoms with Crippen LogP contribution in [0, 0.1) is 0 Å². The molecule has 2 N–H and O–H groups in total. The van der Waals surface area contributed by atoms with E-state index >= 15 is 0 Å². The van der Waals surface area contributed by atoms with Crippen LogP contribution in [0.4, 0.5) is 5.82 Å². The van der Waals surface area contributed by atoms with E-state index in [1.165, 1.54) is 18.1 Å². The number of hydrogen-bond acceptors (Lipinski definition) is 9. The Bertz CT molecular complexity index is 1610. The molecule has 1 aliphatic heterocycles. The van der Waals surface area contributed by atoms with Gasteiger partial charge in [-0.3, -0.25) is 9.67 Å². The predicted octanol–water partition coefficient (Wildman–Crippen LogP) is 2.33. The zero-order chi connectivity index (χ0) is 26.4. The zero-order valence-electron chi connectivity index (χ0n) is 21.1. The molecule has 13 heteroatoms. The highest BCUT2D eigenvalue weighted by Gasteiger charge is 2.37. The number of fused-ring (bicyclic) bond motifs is 1. The Kier molecular flexibility index (Phi) is 6.11. The first-order valence-corrected chi connectivity index (χ1v) is 14.1. The highest BCUT2D eigenvalue weighted by atomic mass is 32.2. The molecule has 0 saturated heterocycles. The molecule has 38 heavy (non-hydrogen) atoms. The van der Waals surface area contributed by atoms with Gasteiger partial charge in [-0.25, -0.2) is 18.4 Å². The summed E-state index contributed by atoms with van der Waals surface area (Å²) in [5.74, 6) is 0.979. The second kappa shape index (κ2) is 9.48. The Morgan fingerprint density at radius 1 is 1.13 bits per heavy atom. The van der Waals surface area contributed by atoms with Crippen molar-refractivity contribution in [2.75, 3.05) is 11.9 Å². The first-order valence-electron chi connectivity index (χ1n) is 12.6. The van der Waals surface area contributed by atoms with Crippen LogP contribution in [0.2, 0.25) is 0 Å². The van der Waals surface area contributed by atoms with Crippen LogP contribution >= 0.6 is 0 Å². The van der Waals surface area contributed by atoms with Gasteiger partial charge >= 0.3 is 0 Å². The summed E-state index contributed by atoms with van der Waals surface area (Å²) in [7, 11) is -3.45. The Morgan fingerprint density at radius 3 is 2.71 bits per heavy atom. The number of hydrogen-bond donors (Lipinski definition) is 2. The van der Waals surface area contributed by atoms with Crippen molar-refractivity contribution in [1.82, 2.24) is 33.5 Å². The minimum Gasteiger partial charge on any atom is -0.394 e. The van der Waals surface area contributed by atoms with Crippen LogP contribution in [0.25, 0.3) is 22.5 Å². The summed E-state index contributed by atoms with van der Waals surface area (Å²) in [4.78, 5) is 13.7. The largest absolute Gasteiger partial charge is 0.394 e. The summed E-state index contributed by atoms with van der Waals surface area (Å²) < 4.78 is 30.0. The summed E-state index contributed by atoms with van der Waals surface area (Å²) >= 11 is 0. The molecule has 2 aliphatic rings. The van der Waals surface area contributed by atoms with E-state index in [9.17, 15) is 13.5 Å². The lowest BCUT2D eigenvalue weighted by molar-refractivity contribution is 0.269. The number of rotatable bonds is 9. The van der Waals surface area contributed by atoms with Gasteiger partial charge < -0.3 is 15.0 Å². The summed E-state index contributed by atoms with van der Waals surface area (Å²) in [6.45, 7) is 4.78. The SMILES string of the molecule is CC(C)n1cc(-c2cnn(CCO)c2)c2c1CC(Nc1ccnc(-c3cnn(S(=O)(=O)C4CC4)c3)n1)N=C2. The van der Waals surface area contributed by atoms with Crippen molar-refractivity contribution in [3.05, 3.63) is 54.5 Å². The van der Waals surface area contributed by atoms with Crippen LogP contribution in [0.15, 0.2) is 48.2 Å². The fraction of sp³-hybridized carbons (Fsp3) is 0.400. The van der Waals surface area contributed by atoms with E-state index in [1.807, 2.05) is 18.6 Å². The van der Waals surface area contributed by atoms with Crippen LogP contribution in [-0.4, -0.2) is 71.3 Å². The maximum atomic E-state index is 12.5. The maximum absolute atomic E-state index is 12.5. The number of nitrogens with zero attached hydrogens (tertiary/aromatic N) is 8. The van der Waals surface area contributed by atoms with Crippen molar-refractivity contribution in [1.29, 1.82) is 0 Å². The van der Waals surface area contributed by atoms with Gasteiger partial charge in [-0.15, -0.1) is 0 Å². The van der Waals surface area contributed by atoms with Crippen LogP contribution in [0.3, 0.4) is 0 Å². The van der Waals surface area contributed by atoms with E-state index < -0.39 is 10.0 Å². The first-order chi connectivity index (χ1) is 18.3. The second-order valence-corrected chi connectivity index (χ2v) is 11.9. The molecule has 0 radical (unpaired) electrons. The van der Waals surface area contributed by atoms with Crippen molar-refractivity contribution in [3.63, 3.8) is 0 Å². The number of anilines is 1. The summed E-state index contributed by atoms with van der Waals surface area (Å²) in [6, 6.07) is 2.02. The number of aliphatic hydroxyl groups is 1. The van der Waals surface area contributed by atoms with Gasteiger partial charge in [-0.2, -0.15) is 14.3 Å². The Morgan fingerprint density at radius 2 is 1.95 bits per heavy atom. The van der Waals surface area contributed by atoms with E-state index in [1.54, 1.807) is 16.9 Å². The van der Waals surface area contributed by atoms with Crippen molar-refractivity contribution < 1.29 is 13.5 Å². The van der Waals surface area contributed by atoms with Gasteiger partial charge in [0, 0.05) is 59.7 Å². The van der Waals surface area contributed by atoms with Crippen LogP contribution in [0.5, 0.6) is 0 Å². The summed E-state index contributed by atoms with van der Waals surface area (Å²) in [6.07, 6.45) is 14.1. The molecule has 4 aromatic heterocycles. The van der Waals surface area contributed by atoms with E-state index in [-0.39, 0.29) is 24.1 Å². The van der Waals surface area contributed by atoms with Crippen molar-refractivity contribution in [2.45, 2.75) is 57.1 Å². The molecule has 198 valence electrons. The van der Waals surface area contributed by atoms with E-state index in [2.05, 4.69) is 50.1 Å². The lowest BCUT2D eigenvalue weighted by Gasteiger charge is -2.22. The molecule has 5 heterocycles. The monoisotopic (exact) mass is 535 g/mol. The summed E-state index contributed by atoms with van der Waals surface area (Å²) in [5.41, 5.74) is 4.80. The number of aliphatic hydroxyl groups excluding tert-OH is 1. The average Bonchev–Trinajstić information content (AvgIpc) is 3.30. The van der Waals surface area contributed by atoms with Gasteiger partial charge in [0.05, 0.1) is 42.6 Å². The van der Waals surface area contributed by atoms with Crippen molar-refractivity contribution in [3.8, 4) is 22.5 Å². The maximum Gasteiger partial charge on any atom is 0.256 e. The molecule has 12 nitrogen and oxygen atoms in total.